The van der Waals surface area contributed by atoms with Gasteiger partial charge in [-0.3, -0.25) is 0 Å². The van der Waals surface area contributed by atoms with Crippen LogP contribution in [0, 0.1) is 0 Å². The smallest absolute Gasteiger partial charge is 0.0652 e. The van der Waals surface area contributed by atoms with Gasteiger partial charge in [0.25, 0.3) is 0 Å². The van der Waals surface area contributed by atoms with Crippen LogP contribution in [0.3, 0.4) is 0 Å². The highest BCUT2D eigenvalue weighted by molar-refractivity contribution is 6.18. The van der Waals surface area contributed by atoms with E-state index in [-0.39, 0.29) is 43.6 Å². The summed E-state index contributed by atoms with van der Waals surface area (Å²) < 4.78 is 191. The minimum Gasteiger partial charge on any atom is -0.309 e. The number of aromatic nitrogens is 3. The highest BCUT2D eigenvalue weighted by Gasteiger charge is 2.20. The number of fused-ring (bicyclic) bond motifs is 9. The summed E-state index contributed by atoms with van der Waals surface area (Å²) in [7, 11) is 0. The van der Waals surface area contributed by atoms with Crippen LogP contribution in [0.5, 0.6) is 0 Å². The van der Waals surface area contributed by atoms with Crippen molar-refractivity contribution in [3.05, 3.63) is 212 Å². The lowest BCUT2D eigenvalue weighted by atomic mass is 9.98. The van der Waals surface area contributed by atoms with Crippen LogP contribution in [-0.2, 0) is 0 Å². The van der Waals surface area contributed by atoms with Crippen molar-refractivity contribution >= 4 is 65.4 Å². The zero-order valence-electron chi connectivity index (χ0n) is 49.5. The van der Waals surface area contributed by atoms with Crippen molar-refractivity contribution < 1.29 is 27.4 Å². The van der Waals surface area contributed by atoms with Crippen molar-refractivity contribution in [2.75, 3.05) is 0 Å². The van der Waals surface area contributed by atoms with Crippen molar-refractivity contribution in [1.29, 1.82) is 0 Å². The van der Waals surface area contributed by atoms with Crippen molar-refractivity contribution in [3.8, 4) is 39.3 Å². The summed E-state index contributed by atoms with van der Waals surface area (Å²) in [5.74, 6) is 0. The van der Waals surface area contributed by atoms with Crippen molar-refractivity contribution in [1.82, 2.24) is 13.7 Å². The molecule has 0 aliphatic rings. The number of hydrogen-bond acceptors (Lipinski definition) is 0. The minimum atomic E-state index is -0.841. The molecule has 0 bridgehead atoms. The van der Waals surface area contributed by atoms with E-state index < -0.39 is 159 Å². The molecule has 3 nitrogen and oxygen atoms in total. The Balaban J connectivity index is 1.29. The molecule has 266 valence electrons. The third-order valence-electron chi connectivity index (χ3n) is 10.3. The van der Waals surface area contributed by atoms with Gasteiger partial charge >= 0.3 is 0 Å². The number of hydrogen-bond donors (Lipinski definition) is 0. The molecule has 12 rings (SSSR count). The Hall–Kier alpha value is -7.62. The number of nitrogens with zero attached hydrogens (tertiary/aromatic N) is 3. The first-order valence-electron chi connectivity index (χ1n) is 28.0. The fourth-order valence-electron chi connectivity index (χ4n) is 7.91. The second kappa shape index (κ2) is 12.5. The fraction of sp³-hybridized carbons (Fsp3) is 0. The van der Waals surface area contributed by atoms with E-state index in [1.807, 2.05) is 18.2 Å². The first kappa shape index (κ1) is 17.9. The molecule has 0 amide bonds. The van der Waals surface area contributed by atoms with Gasteiger partial charge in [0, 0.05) is 49.3 Å². The van der Waals surface area contributed by atoms with E-state index in [4.69, 9.17) is 9.60 Å². The second-order valence-electron chi connectivity index (χ2n) is 13.4. The summed E-state index contributed by atoms with van der Waals surface area (Å²) in [5.41, 5.74) is -0.999. The Kier molecular flexibility index (Phi) is 3.91. The van der Waals surface area contributed by atoms with Gasteiger partial charge in [0.1, 0.15) is 0 Å². The Labute approximate surface area is 357 Å². The summed E-state index contributed by atoms with van der Waals surface area (Å²) in [4.78, 5) is 0. The molecular weight excluding hydrogens is 691 g/mol. The average molecular weight is 746 g/mol. The van der Waals surface area contributed by atoms with E-state index in [0.717, 1.165) is 4.57 Å². The van der Waals surface area contributed by atoms with Gasteiger partial charge in [-0.05, 0) is 89.3 Å². The predicted molar refractivity (Wildman–Crippen MR) is 240 cm³/mol. The zero-order valence-corrected chi connectivity index (χ0v) is 29.5. The maximum atomic E-state index is 10.2. The molecule has 3 heterocycles. The van der Waals surface area contributed by atoms with Crippen molar-refractivity contribution in [2.24, 2.45) is 0 Å². The molecule has 0 aliphatic heterocycles. The molecule has 0 aliphatic carbocycles. The van der Waals surface area contributed by atoms with Crippen LogP contribution in [0.2, 0.25) is 0 Å². The Bertz CT molecular complexity index is 4680. The maximum Gasteiger partial charge on any atom is 0.0652 e. The summed E-state index contributed by atoms with van der Waals surface area (Å²) in [6.45, 7) is 0. The Morgan fingerprint density at radius 1 is 0.316 bits per heavy atom. The van der Waals surface area contributed by atoms with Gasteiger partial charge in [-0.2, -0.15) is 0 Å². The molecule has 0 radical (unpaired) electrons. The molecule has 0 atom stereocenters. The van der Waals surface area contributed by atoms with Gasteiger partial charge < -0.3 is 13.7 Å². The van der Waals surface area contributed by atoms with Gasteiger partial charge in [0.15, 0.2) is 0 Å². The maximum absolute atomic E-state index is 10.2. The molecular formula is C54H35N3. The summed E-state index contributed by atoms with van der Waals surface area (Å²) in [5, 5.41) is -1.37. The monoisotopic (exact) mass is 745 g/mol. The van der Waals surface area contributed by atoms with Gasteiger partial charge in [-0.1, -0.05) is 139 Å². The Morgan fingerprint density at radius 3 is 1.74 bits per heavy atom. The molecule has 0 saturated carbocycles. The number of para-hydroxylation sites is 5. The number of rotatable bonds is 5. The molecule has 0 N–H and O–H groups in total. The summed E-state index contributed by atoms with van der Waals surface area (Å²) >= 11 is 0. The van der Waals surface area contributed by atoms with Crippen LogP contribution in [-0.4, -0.2) is 13.7 Å². The summed E-state index contributed by atoms with van der Waals surface area (Å²) in [6.07, 6.45) is 0. The van der Waals surface area contributed by atoms with Gasteiger partial charge in [0.2, 0.25) is 0 Å². The van der Waals surface area contributed by atoms with Crippen LogP contribution in [0.15, 0.2) is 212 Å². The normalized spacial score (nSPS) is 16.8. The predicted octanol–water partition coefficient (Wildman–Crippen LogP) is 14.3. The first-order valence-corrected chi connectivity index (χ1v) is 18.0. The van der Waals surface area contributed by atoms with E-state index in [9.17, 15) is 17.8 Å². The summed E-state index contributed by atoms with van der Waals surface area (Å²) in [6, 6.07) is 12.4. The third kappa shape index (κ3) is 4.73. The van der Waals surface area contributed by atoms with Crippen LogP contribution in [0.1, 0.15) is 27.4 Å². The van der Waals surface area contributed by atoms with Crippen LogP contribution in [0.4, 0.5) is 0 Å². The molecule has 12 aromatic rings. The first-order chi connectivity index (χ1) is 36.6. The molecule has 0 spiro atoms. The molecule has 0 fully saturated rings. The molecule has 57 heavy (non-hydrogen) atoms. The number of benzene rings is 9. The quantitative estimate of drug-likeness (QED) is 0.167. The van der Waals surface area contributed by atoms with E-state index in [1.54, 1.807) is 66.7 Å². The van der Waals surface area contributed by atoms with E-state index in [0.29, 0.717) is 22.5 Å². The van der Waals surface area contributed by atoms with Gasteiger partial charge in [0.05, 0.1) is 66.2 Å². The molecule has 0 saturated heterocycles. The zero-order chi connectivity index (χ0) is 54.9. The van der Waals surface area contributed by atoms with E-state index in [2.05, 4.69) is 0 Å². The largest absolute Gasteiger partial charge is 0.309 e. The standard InChI is InChI=1S/C54H35N3/c1-3-16-36(17-4-1)40-20-7-11-25-47(40)57-50-28-14-10-23-44(50)54-41(24-15-29-53(54)57)37-30-32-51-45(34-37)42-21-8-13-27-49(42)56(51)39-31-33-52-46(35-39)43-22-9-12-26-48(43)55(52)38-18-5-2-6-19-38/h1-35H/i8D,9D,10D,12D,13D,14D,15D,21D,23D,24D,26D,27D,28D,29D,30D,31D,32D,33D,34D,35D. The molecule has 0 unspecified atom stereocenters. The lowest BCUT2D eigenvalue weighted by Crippen LogP contribution is -1.97. The lowest BCUT2D eigenvalue weighted by Gasteiger charge is -2.14. The SMILES string of the molecule is [2H]c1cc2c3c([2H])c(-n4c5c([2H])c([2H])c([2H])c([2H])c5c5c([2H])c(-c6c([2H])c([2H])c([2H])c7c6c6c([2H])c([2H])c([2H])c([2H])c6n7-c6ccccc6-c6ccccc6)c([2H])c([2H])c54)c([2H])c([2H])c3n(-c3ccccc3)c2c([2H])c1[2H]. The van der Waals surface area contributed by atoms with Crippen molar-refractivity contribution in [2.45, 2.75) is 0 Å². The van der Waals surface area contributed by atoms with Gasteiger partial charge in [-0.15, -0.1) is 0 Å². The highest BCUT2D eigenvalue weighted by atomic mass is 15.0. The van der Waals surface area contributed by atoms with Gasteiger partial charge in [-0.25, -0.2) is 0 Å². The molecule has 9 aromatic carbocycles. The van der Waals surface area contributed by atoms with E-state index in [1.165, 1.54) is 15.2 Å². The molecule has 3 heteroatoms. The third-order valence-corrected chi connectivity index (χ3v) is 10.3. The topological polar surface area (TPSA) is 14.8 Å². The second-order valence-corrected chi connectivity index (χ2v) is 13.4. The minimum absolute atomic E-state index is 0.0300. The lowest BCUT2D eigenvalue weighted by molar-refractivity contribution is 1.17. The van der Waals surface area contributed by atoms with E-state index >= 15 is 0 Å². The average Bonchev–Trinajstić information content (AvgIpc) is 3.72. The van der Waals surface area contributed by atoms with Crippen molar-refractivity contribution in [3.63, 3.8) is 0 Å². The molecule has 3 aromatic heterocycles. The van der Waals surface area contributed by atoms with Crippen LogP contribution in [0.25, 0.3) is 105 Å². The Morgan fingerprint density at radius 2 is 0.912 bits per heavy atom. The highest BCUT2D eigenvalue weighted by Crippen LogP contribution is 2.43. The fourth-order valence-corrected chi connectivity index (χ4v) is 7.91. The van der Waals surface area contributed by atoms with Crippen LogP contribution >= 0.6 is 0 Å². The van der Waals surface area contributed by atoms with Crippen LogP contribution < -0.4 is 0 Å².